The number of para-hydroxylation sites is 2. The third-order valence-corrected chi connectivity index (χ3v) is 5.20. The molecule has 6 nitrogen and oxygen atoms in total. The van der Waals surface area contributed by atoms with Crippen LogP contribution in [0, 0.1) is 0 Å². The van der Waals surface area contributed by atoms with E-state index in [1.807, 2.05) is 60.7 Å². The predicted molar refractivity (Wildman–Crippen MR) is 102 cm³/mol. The van der Waals surface area contributed by atoms with Crippen LogP contribution in [0.5, 0.6) is 0 Å². The SMILES string of the molecule is O=C(NCC[Se]CCNC(=O)Nc1ccccc1)Nc1ccccc1. The normalized spacial score (nSPS) is 9.92. The molecular weight excluding hydrogens is 383 g/mol. The second-order valence-electron chi connectivity index (χ2n) is 5.11. The summed E-state index contributed by atoms with van der Waals surface area (Å²) in [7, 11) is 0. The summed E-state index contributed by atoms with van der Waals surface area (Å²) in [6, 6.07) is 18.3. The number of rotatable bonds is 8. The number of carbonyl (C=O) groups excluding carboxylic acids is 2. The van der Waals surface area contributed by atoms with Crippen LogP contribution in [0.3, 0.4) is 0 Å². The van der Waals surface area contributed by atoms with E-state index in [-0.39, 0.29) is 12.1 Å². The Morgan fingerprint density at radius 2 is 1.08 bits per heavy atom. The molecule has 0 saturated carbocycles. The Labute approximate surface area is 153 Å². The van der Waals surface area contributed by atoms with Crippen LogP contribution in [0.4, 0.5) is 21.0 Å². The number of hydrogen-bond acceptors (Lipinski definition) is 2. The average Bonchev–Trinajstić information content (AvgIpc) is 2.62. The predicted octanol–water partition coefficient (Wildman–Crippen LogP) is 3.17. The number of anilines is 2. The Hall–Kier alpha value is -2.50. The van der Waals surface area contributed by atoms with Crippen molar-refractivity contribution in [3.8, 4) is 0 Å². The second kappa shape index (κ2) is 11.1. The molecule has 0 aliphatic carbocycles. The van der Waals surface area contributed by atoms with Crippen LogP contribution in [-0.2, 0) is 0 Å². The first-order chi connectivity index (χ1) is 12.2. The van der Waals surface area contributed by atoms with Crippen molar-refractivity contribution in [3.05, 3.63) is 60.7 Å². The molecule has 0 fully saturated rings. The van der Waals surface area contributed by atoms with Crippen LogP contribution in [-0.4, -0.2) is 40.1 Å². The number of nitrogens with one attached hydrogen (secondary N) is 4. The molecule has 7 heteroatoms. The Kier molecular flexibility index (Phi) is 8.38. The fourth-order valence-electron chi connectivity index (χ4n) is 1.97. The first-order valence-electron chi connectivity index (χ1n) is 8.01. The summed E-state index contributed by atoms with van der Waals surface area (Å²) < 4.78 is 0. The molecule has 0 aliphatic heterocycles. The Morgan fingerprint density at radius 3 is 1.48 bits per heavy atom. The molecule has 0 bridgehead atoms. The fourth-order valence-corrected chi connectivity index (χ4v) is 3.43. The van der Waals surface area contributed by atoms with E-state index >= 15 is 0 Å². The van der Waals surface area contributed by atoms with Crippen molar-refractivity contribution in [1.82, 2.24) is 10.6 Å². The van der Waals surface area contributed by atoms with Crippen molar-refractivity contribution in [1.29, 1.82) is 0 Å². The summed E-state index contributed by atoms with van der Waals surface area (Å²) in [5, 5.41) is 13.1. The molecule has 0 aliphatic rings. The van der Waals surface area contributed by atoms with Gasteiger partial charge in [-0.3, -0.25) is 0 Å². The van der Waals surface area contributed by atoms with Crippen LogP contribution >= 0.6 is 0 Å². The molecule has 0 aromatic heterocycles. The van der Waals surface area contributed by atoms with Gasteiger partial charge < -0.3 is 0 Å². The van der Waals surface area contributed by atoms with Crippen molar-refractivity contribution in [2.75, 3.05) is 23.7 Å². The minimum absolute atomic E-state index is 0.192. The van der Waals surface area contributed by atoms with Crippen molar-refractivity contribution in [3.63, 3.8) is 0 Å². The van der Waals surface area contributed by atoms with E-state index in [9.17, 15) is 9.59 Å². The molecule has 0 unspecified atom stereocenters. The van der Waals surface area contributed by atoms with Gasteiger partial charge in [-0.05, 0) is 0 Å². The van der Waals surface area contributed by atoms with Gasteiger partial charge in [-0.1, -0.05) is 0 Å². The van der Waals surface area contributed by atoms with Crippen LogP contribution < -0.4 is 21.3 Å². The summed E-state index contributed by atoms with van der Waals surface area (Å²) in [6.45, 7) is 1.27. The van der Waals surface area contributed by atoms with Gasteiger partial charge in [0.15, 0.2) is 0 Å². The zero-order valence-corrected chi connectivity index (χ0v) is 15.5. The molecule has 0 radical (unpaired) electrons. The Morgan fingerprint density at radius 1 is 0.680 bits per heavy atom. The third kappa shape index (κ3) is 8.24. The number of amides is 4. The molecule has 4 N–H and O–H groups in total. The third-order valence-electron chi connectivity index (χ3n) is 3.13. The Balaban J connectivity index is 1.46. The summed E-state index contributed by atoms with van der Waals surface area (Å²) in [5.41, 5.74) is 1.55. The molecule has 0 heterocycles. The van der Waals surface area contributed by atoms with Gasteiger partial charge in [-0.15, -0.1) is 0 Å². The summed E-state index contributed by atoms with van der Waals surface area (Å²) in [4.78, 5) is 23.4. The standard InChI is InChI=1S/C18H22N4O2Se/c23-17(21-15-7-3-1-4-8-15)19-11-13-25-14-12-20-18(24)22-16-9-5-2-6-10-16/h1-10H,11-14H2,(H2,19,21,23)(H2,20,22,24). The fraction of sp³-hybridized carbons (Fsp3) is 0.222. The van der Waals surface area contributed by atoms with Crippen LogP contribution in [0.1, 0.15) is 0 Å². The molecule has 0 spiro atoms. The maximum absolute atomic E-state index is 11.7. The van der Waals surface area contributed by atoms with Gasteiger partial charge in [0.05, 0.1) is 0 Å². The van der Waals surface area contributed by atoms with Crippen molar-refractivity contribution < 1.29 is 9.59 Å². The number of urea groups is 2. The summed E-state index contributed by atoms with van der Waals surface area (Å²) >= 11 is 0.375. The molecule has 2 aromatic carbocycles. The van der Waals surface area contributed by atoms with Crippen molar-refractivity contribution >= 4 is 38.4 Å². The van der Waals surface area contributed by atoms with E-state index in [1.165, 1.54) is 0 Å². The number of carbonyl (C=O) groups is 2. The van der Waals surface area contributed by atoms with Crippen LogP contribution in [0.2, 0.25) is 10.6 Å². The van der Waals surface area contributed by atoms with E-state index in [4.69, 9.17) is 0 Å². The molecule has 0 atom stereocenters. The number of benzene rings is 2. The van der Waals surface area contributed by atoms with E-state index < -0.39 is 0 Å². The van der Waals surface area contributed by atoms with Gasteiger partial charge in [-0.25, -0.2) is 0 Å². The monoisotopic (exact) mass is 406 g/mol. The first kappa shape index (κ1) is 18.8. The van der Waals surface area contributed by atoms with Gasteiger partial charge in [0.2, 0.25) is 0 Å². The van der Waals surface area contributed by atoms with E-state index in [0.29, 0.717) is 28.0 Å². The Bertz CT molecular complexity index is 595. The van der Waals surface area contributed by atoms with Gasteiger partial charge in [-0.2, -0.15) is 0 Å². The minimum atomic E-state index is -0.192. The van der Waals surface area contributed by atoms with E-state index in [1.54, 1.807) is 0 Å². The molecule has 2 aromatic rings. The quantitative estimate of drug-likeness (QED) is 0.402. The van der Waals surface area contributed by atoms with E-state index in [0.717, 1.165) is 22.0 Å². The molecule has 25 heavy (non-hydrogen) atoms. The van der Waals surface area contributed by atoms with Crippen LogP contribution in [0.25, 0.3) is 0 Å². The van der Waals surface area contributed by atoms with Gasteiger partial charge in [0.1, 0.15) is 0 Å². The van der Waals surface area contributed by atoms with Crippen molar-refractivity contribution in [2.45, 2.75) is 10.6 Å². The zero-order valence-electron chi connectivity index (χ0n) is 13.8. The van der Waals surface area contributed by atoms with Gasteiger partial charge in [0.25, 0.3) is 0 Å². The molecule has 0 saturated heterocycles. The molecule has 2 rings (SSSR count). The number of hydrogen-bond donors (Lipinski definition) is 4. The second-order valence-corrected chi connectivity index (χ2v) is 7.68. The maximum atomic E-state index is 11.7. The summed E-state index contributed by atoms with van der Waals surface area (Å²) in [6.07, 6.45) is 0. The van der Waals surface area contributed by atoms with Crippen molar-refractivity contribution in [2.24, 2.45) is 0 Å². The van der Waals surface area contributed by atoms with Crippen LogP contribution in [0.15, 0.2) is 60.7 Å². The average molecular weight is 405 g/mol. The van der Waals surface area contributed by atoms with Gasteiger partial charge >= 0.3 is 154 Å². The van der Waals surface area contributed by atoms with Gasteiger partial charge in [0, 0.05) is 0 Å². The topological polar surface area (TPSA) is 82.3 Å². The van der Waals surface area contributed by atoms with E-state index in [2.05, 4.69) is 21.3 Å². The molecular formula is C18H22N4O2Se. The molecule has 4 amide bonds. The molecule has 132 valence electrons. The first-order valence-corrected chi connectivity index (χ1v) is 10.4. The zero-order chi connectivity index (χ0) is 17.7. The summed E-state index contributed by atoms with van der Waals surface area (Å²) in [5.74, 6) is 0.